The maximum absolute atomic E-state index is 14.1. The number of nitrogens with zero attached hydrogens (tertiary/aromatic N) is 1. The molecular weight excluding hydrogens is 271 g/mol. The van der Waals surface area contributed by atoms with Gasteiger partial charge in [0.15, 0.2) is 5.60 Å². The quantitative estimate of drug-likeness (QED) is 0.860. The van der Waals surface area contributed by atoms with Crippen LogP contribution in [0, 0.1) is 5.82 Å². The van der Waals surface area contributed by atoms with Crippen molar-refractivity contribution in [2.75, 3.05) is 13.1 Å². The molecule has 3 fully saturated rings. The summed E-state index contributed by atoms with van der Waals surface area (Å²) in [6.45, 7) is 1.60. The molecule has 1 aromatic rings. The second kappa shape index (κ2) is 4.78. The van der Waals surface area contributed by atoms with Crippen LogP contribution < -0.4 is 5.32 Å². The van der Waals surface area contributed by atoms with E-state index in [1.807, 2.05) is 6.07 Å². The highest BCUT2D eigenvalue weighted by Crippen LogP contribution is 2.47. The zero-order chi connectivity index (χ0) is 14.4. The van der Waals surface area contributed by atoms with Gasteiger partial charge >= 0.3 is 0 Å². The van der Waals surface area contributed by atoms with Gasteiger partial charge in [-0.3, -0.25) is 4.79 Å². The van der Waals surface area contributed by atoms with E-state index in [4.69, 9.17) is 4.74 Å². The van der Waals surface area contributed by atoms with Gasteiger partial charge < -0.3 is 15.0 Å². The molecule has 112 valence electrons. The summed E-state index contributed by atoms with van der Waals surface area (Å²) in [7, 11) is 0. The van der Waals surface area contributed by atoms with Gasteiger partial charge in [-0.1, -0.05) is 18.2 Å². The van der Waals surface area contributed by atoms with Gasteiger partial charge in [-0.25, -0.2) is 4.39 Å². The van der Waals surface area contributed by atoms with Crippen LogP contribution >= 0.6 is 0 Å². The number of halogens is 1. The summed E-state index contributed by atoms with van der Waals surface area (Å²) in [4.78, 5) is 14.7. The maximum atomic E-state index is 14.1. The molecule has 3 aliphatic heterocycles. The maximum Gasteiger partial charge on any atom is 0.257 e. The molecule has 3 saturated heterocycles. The van der Waals surface area contributed by atoms with Gasteiger partial charge in [0.1, 0.15) is 12.0 Å². The van der Waals surface area contributed by atoms with Crippen molar-refractivity contribution in [3.05, 3.63) is 35.6 Å². The third-order valence-corrected chi connectivity index (χ3v) is 4.99. The molecule has 0 aromatic heterocycles. The Morgan fingerprint density at radius 1 is 1.24 bits per heavy atom. The first-order valence-corrected chi connectivity index (χ1v) is 7.67. The fraction of sp³-hybridized carbons (Fsp3) is 0.562. The summed E-state index contributed by atoms with van der Waals surface area (Å²) < 4.78 is 20.2. The molecule has 1 aromatic carbocycles. The van der Waals surface area contributed by atoms with Crippen molar-refractivity contribution >= 4 is 5.91 Å². The number of amides is 1. The van der Waals surface area contributed by atoms with Gasteiger partial charge in [-0.05, 0) is 44.8 Å². The van der Waals surface area contributed by atoms with Crippen molar-refractivity contribution < 1.29 is 13.9 Å². The van der Waals surface area contributed by atoms with E-state index in [0.717, 1.165) is 25.9 Å². The minimum Gasteiger partial charge on any atom is -0.342 e. The predicted octanol–water partition coefficient (Wildman–Crippen LogP) is 1.97. The lowest BCUT2D eigenvalue weighted by atomic mass is 9.90. The molecule has 1 amide bonds. The standard InChI is InChI=1S/C16H19FN2O2/c17-12-4-2-1-3-11(12)13-5-6-14-19(13)15(20)16(21-14)7-9-18-10-8-16/h1-4,13-14,18H,5-10H2/t13-,14+/m0/s1. The Labute approximate surface area is 123 Å². The van der Waals surface area contributed by atoms with Crippen LogP contribution in [0.3, 0.4) is 0 Å². The lowest BCUT2D eigenvalue weighted by molar-refractivity contribution is -0.140. The summed E-state index contributed by atoms with van der Waals surface area (Å²) >= 11 is 0. The Hall–Kier alpha value is -1.46. The fourth-order valence-electron chi connectivity index (χ4n) is 3.93. The van der Waals surface area contributed by atoms with Crippen molar-refractivity contribution in [1.29, 1.82) is 0 Å². The van der Waals surface area contributed by atoms with Crippen LogP contribution in [-0.2, 0) is 9.53 Å². The largest absolute Gasteiger partial charge is 0.342 e. The lowest BCUT2D eigenvalue weighted by Gasteiger charge is -2.32. The smallest absolute Gasteiger partial charge is 0.257 e. The van der Waals surface area contributed by atoms with Crippen LogP contribution in [0.2, 0.25) is 0 Å². The molecule has 0 aliphatic carbocycles. The number of nitrogens with one attached hydrogen (secondary N) is 1. The Kier molecular flexibility index (Phi) is 3.01. The highest BCUT2D eigenvalue weighted by atomic mass is 19.1. The molecule has 0 radical (unpaired) electrons. The van der Waals surface area contributed by atoms with Crippen molar-refractivity contribution in [1.82, 2.24) is 10.2 Å². The predicted molar refractivity (Wildman–Crippen MR) is 74.9 cm³/mol. The molecule has 3 aliphatic rings. The number of ether oxygens (including phenoxy) is 1. The number of fused-ring (bicyclic) bond motifs is 1. The number of piperidine rings is 1. The molecule has 0 bridgehead atoms. The van der Waals surface area contributed by atoms with Crippen LogP contribution in [0.15, 0.2) is 24.3 Å². The number of hydrogen-bond donors (Lipinski definition) is 1. The first-order chi connectivity index (χ1) is 10.2. The van der Waals surface area contributed by atoms with Crippen molar-refractivity contribution in [3.63, 3.8) is 0 Å². The molecule has 21 heavy (non-hydrogen) atoms. The van der Waals surface area contributed by atoms with Crippen LogP contribution in [0.25, 0.3) is 0 Å². The van der Waals surface area contributed by atoms with Crippen molar-refractivity contribution in [3.8, 4) is 0 Å². The molecule has 4 rings (SSSR count). The van der Waals surface area contributed by atoms with E-state index in [1.165, 1.54) is 6.07 Å². The van der Waals surface area contributed by atoms with Crippen LogP contribution in [0.1, 0.15) is 37.3 Å². The summed E-state index contributed by atoms with van der Waals surface area (Å²) in [5, 5.41) is 3.26. The minimum absolute atomic E-state index is 0.0553. The number of carbonyl (C=O) groups excluding carboxylic acids is 1. The molecule has 1 spiro atoms. The Bertz CT molecular complexity index is 571. The van der Waals surface area contributed by atoms with E-state index < -0.39 is 5.60 Å². The Balaban J connectivity index is 1.66. The SMILES string of the molecule is O=C1N2[C@@H](CC[C@H]2c2ccccc2F)OC12CCNCC2. The third-order valence-electron chi connectivity index (χ3n) is 4.99. The van der Waals surface area contributed by atoms with E-state index in [2.05, 4.69) is 5.32 Å². The Morgan fingerprint density at radius 2 is 2.00 bits per heavy atom. The average molecular weight is 290 g/mol. The normalized spacial score (nSPS) is 30.9. The number of hydrogen-bond acceptors (Lipinski definition) is 3. The number of carbonyl (C=O) groups is 1. The van der Waals surface area contributed by atoms with Gasteiger partial charge in [0.05, 0.1) is 6.04 Å². The van der Waals surface area contributed by atoms with Gasteiger partial charge in [-0.15, -0.1) is 0 Å². The monoisotopic (exact) mass is 290 g/mol. The minimum atomic E-state index is -0.667. The number of rotatable bonds is 1. The van der Waals surface area contributed by atoms with E-state index >= 15 is 0 Å². The zero-order valence-electron chi connectivity index (χ0n) is 11.8. The average Bonchev–Trinajstić information content (AvgIpc) is 3.01. The Morgan fingerprint density at radius 3 is 2.76 bits per heavy atom. The van der Waals surface area contributed by atoms with Gasteiger partial charge in [0.25, 0.3) is 5.91 Å². The molecular formula is C16H19FN2O2. The molecule has 4 nitrogen and oxygen atoms in total. The zero-order valence-corrected chi connectivity index (χ0v) is 11.8. The summed E-state index contributed by atoms with van der Waals surface area (Å²) in [5.41, 5.74) is -0.0530. The second-order valence-corrected chi connectivity index (χ2v) is 6.14. The van der Waals surface area contributed by atoms with E-state index in [-0.39, 0.29) is 24.0 Å². The molecule has 0 saturated carbocycles. The fourth-order valence-corrected chi connectivity index (χ4v) is 3.93. The molecule has 2 atom stereocenters. The van der Waals surface area contributed by atoms with Crippen LogP contribution in [-0.4, -0.2) is 35.7 Å². The van der Waals surface area contributed by atoms with E-state index in [0.29, 0.717) is 18.4 Å². The molecule has 5 heteroatoms. The molecule has 1 N–H and O–H groups in total. The highest BCUT2D eigenvalue weighted by Gasteiger charge is 2.57. The van der Waals surface area contributed by atoms with Gasteiger partial charge in [0, 0.05) is 5.56 Å². The van der Waals surface area contributed by atoms with Crippen molar-refractivity contribution in [2.24, 2.45) is 0 Å². The summed E-state index contributed by atoms with van der Waals surface area (Å²) in [6, 6.07) is 6.57. The highest BCUT2D eigenvalue weighted by molar-refractivity contribution is 5.88. The first kappa shape index (κ1) is 13.2. The van der Waals surface area contributed by atoms with Gasteiger partial charge in [-0.2, -0.15) is 0 Å². The third kappa shape index (κ3) is 1.91. The van der Waals surface area contributed by atoms with Crippen molar-refractivity contribution in [2.45, 2.75) is 43.6 Å². The van der Waals surface area contributed by atoms with Crippen LogP contribution in [0.4, 0.5) is 4.39 Å². The van der Waals surface area contributed by atoms with E-state index in [9.17, 15) is 9.18 Å². The summed E-state index contributed by atoms with van der Waals surface area (Å²) in [6.07, 6.45) is 2.80. The first-order valence-electron chi connectivity index (χ1n) is 7.67. The van der Waals surface area contributed by atoms with Crippen LogP contribution in [0.5, 0.6) is 0 Å². The molecule has 0 unspecified atom stereocenters. The number of benzene rings is 1. The van der Waals surface area contributed by atoms with E-state index in [1.54, 1.807) is 17.0 Å². The summed E-state index contributed by atoms with van der Waals surface area (Å²) in [5.74, 6) is -0.179. The second-order valence-electron chi connectivity index (χ2n) is 6.14. The van der Waals surface area contributed by atoms with Gasteiger partial charge in [0.2, 0.25) is 0 Å². The molecule has 3 heterocycles. The topological polar surface area (TPSA) is 41.6 Å². The lowest BCUT2D eigenvalue weighted by Crippen LogP contribution is -2.49.